The Hall–Kier alpha value is -3.33. The number of ketones is 2. The predicted octanol–water partition coefficient (Wildman–Crippen LogP) is 4.94. The van der Waals surface area contributed by atoms with Gasteiger partial charge in [0, 0.05) is 17.5 Å². The SMILES string of the molecule is CC(=O)c1cccc2ncn(CC(=O)CC(C)c3ccc(C(C)(C)C#N)c(F)c3)c12. The number of para-hydroxylation sites is 1. The van der Waals surface area contributed by atoms with Crippen LogP contribution in [0.5, 0.6) is 0 Å². The third kappa shape index (κ3) is 4.16. The number of imidazole rings is 1. The summed E-state index contributed by atoms with van der Waals surface area (Å²) < 4.78 is 16.2. The van der Waals surface area contributed by atoms with E-state index in [4.69, 9.17) is 0 Å². The first-order valence-electron chi connectivity index (χ1n) is 9.81. The number of rotatable bonds is 7. The zero-order valence-electron chi connectivity index (χ0n) is 17.6. The summed E-state index contributed by atoms with van der Waals surface area (Å²) in [6.45, 7) is 6.79. The van der Waals surface area contributed by atoms with Crippen LogP contribution in [0.3, 0.4) is 0 Å². The molecule has 0 radical (unpaired) electrons. The van der Waals surface area contributed by atoms with Crippen LogP contribution in [-0.2, 0) is 16.8 Å². The highest BCUT2D eigenvalue weighted by Gasteiger charge is 2.24. The average molecular weight is 405 g/mol. The molecule has 0 spiro atoms. The molecule has 1 atom stereocenters. The number of fused-ring (bicyclic) bond motifs is 1. The van der Waals surface area contributed by atoms with Crippen LogP contribution in [0.25, 0.3) is 11.0 Å². The van der Waals surface area contributed by atoms with Gasteiger partial charge in [-0.1, -0.05) is 25.1 Å². The molecule has 0 N–H and O–H groups in total. The number of aromatic nitrogens is 2. The quantitative estimate of drug-likeness (QED) is 0.522. The van der Waals surface area contributed by atoms with Crippen molar-refractivity contribution < 1.29 is 14.0 Å². The maximum Gasteiger partial charge on any atom is 0.161 e. The van der Waals surface area contributed by atoms with E-state index in [1.807, 2.05) is 6.92 Å². The maximum atomic E-state index is 14.5. The van der Waals surface area contributed by atoms with Gasteiger partial charge in [-0.2, -0.15) is 5.26 Å². The summed E-state index contributed by atoms with van der Waals surface area (Å²) in [5, 5.41) is 9.23. The molecule has 0 aliphatic carbocycles. The van der Waals surface area contributed by atoms with Crippen molar-refractivity contribution >= 4 is 22.6 Å². The van der Waals surface area contributed by atoms with Gasteiger partial charge in [0.25, 0.3) is 0 Å². The Bertz CT molecular complexity index is 1170. The van der Waals surface area contributed by atoms with Crippen molar-refractivity contribution in [2.24, 2.45) is 0 Å². The molecule has 3 rings (SSSR count). The molecule has 154 valence electrons. The zero-order chi connectivity index (χ0) is 22.1. The van der Waals surface area contributed by atoms with Crippen molar-refractivity contribution in [1.29, 1.82) is 5.26 Å². The van der Waals surface area contributed by atoms with Gasteiger partial charge >= 0.3 is 0 Å². The topological polar surface area (TPSA) is 75.8 Å². The lowest BCUT2D eigenvalue weighted by molar-refractivity contribution is -0.119. The van der Waals surface area contributed by atoms with Crippen molar-refractivity contribution in [3.63, 3.8) is 0 Å². The molecule has 0 fully saturated rings. The van der Waals surface area contributed by atoms with Crippen LogP contribution in [0.1, 0.15) is 61.5 Å². The fourth-order valence-electron chi connectivity index (χ4n) is 3.65. The summed E-state index contributed by atoms with van der Waals surface area (Å²) >= 11 is 0. The highest BCUT2D eigenvalue weighted by Crippen LogP contribution is 2.29. The lowest BCUT2D eigenvalue weighted by atomic mass is 9.84. The molecular formula is C24H24FN3O2. The first-order valence-corrected chi connectivity index (χ1v) is 9.81. The molecule has 3 aromatic rings. The molecule has 0 bridgehead atoms. The Balaban J connectivity index is 1.78. The molecule has 1 heterocycles. The molecule has 0 amide bonds. The Morgan fingerprint density at radius 3 is 2.63 bits per heavy atom. The first kappa shape index (κ1) is 21.4. The van der Waals surface area contributed by atoms with E-state index in [9.17, 15) is 19.2 Å². The fourth-order valence-corrected chi connectivity index (χ4v) is 3.65. The van der Waals surface area contributed by atoms with Gasteiger partial charge in [0.1, 0.15) is 5.82 Å². The number of carbonyl (C=O) groups is 2. The lowest BCUT2D eigenvalue weighted by Gasteiger charge is -2.19. The van der Waals surface area contributed by atoms with Crippen LogP contribution in [0.2, 0.25) is 0 Å². The second-order valence-corrected chi connectivity index (χ2v) is 8.22. The largest absolute Gasteiger partial charge is 0.322 e. The number of hydrogen-bond acceptors (Lipinski definition) is 4. The number of benzene rings is 2. The number of carbonyl (C=O) groups excluding carboxylic acids is 2. The van der Waals surface area contributed by atoms with E-state index in [0.717, 1.165) is 0 Å². The summed E-state index contributed by atoms with van der Waals surface area (Å²) in [7, 11) is 0. The van der Waals surface area contributed by atoms with Crippen LogP contribution in [0, 0.1) is 17.1 Å². The summed E-state index contributed by atoms with van der Waals surface area (Å²) in [6.07, 6.45) is 1.79. The minimum atomic E-state index is -0.918. The monoisotopic (exact) mass is 405 g/mol. The summed E-state index contributed by atoms with van der Waals surface area (Å²) in [4.78, 5) is 28.9. The number of Topliss-reactive ketones (excluding diaryl/α,β-unsaturated/α-hetero) is 2. The van der Waals surface area contributed by atoms with Crippen LogP contribution >= 0.6 is 0 Å². The highest BCUT2D eigenvalue weighted by molar-refractivity contribution is 6.05. The Morgan fingerprint density at radius 1 is 1.27 bits per heavy atom. The molecule has 1 unspecified atom stereocenters. The van der Waals surface area contributed by atoms with Gasteiger partial charge in [-0.15, -0.1) is 0 Å². The van der Waals surface area contributed by atoms with E-state index in [0.29, 0.717) is 27.7 Å². The molecule has 0 saturated carbocycles. The molecule has 30 heavy (non-hydrogen) atoms. The van der Waals surface area contributed by atoms with Gasteiger partial charge in [0.2, 0.25) is 0 Å². The van der Waals surface area contributed by atoms with Gasteiger partial charge in [-0.3, -0.25) is 9.59 Å². The first-order chi connectivity index (χ1) is 14.1. The smallest absolute Gasteiger partial charge is 0.161 e. The van der Waals surface area contributed by atoms with Gasteiger partial charge in [0.15, 0.2) is 11.6 Å². The molecular weight excluding hydrogens is 381 g/mol. The molecule has 6 heteroatoms. The second-order valence-electron chi connectivity index (χ2n) is 8.22. The third-order valence-corrected chi connectivity index (χ3v) is 5.41. The Morgan fingerprint density at radius 2 is 2.00 bits per heavy atom. The van der Waals surface area contributed by atoms with Gasteiger partial charge in [-0.05, 0) is 50.5 Å². The fraction of sp³-hybridized carbons (Fsp3) is 0.333. The zero-order valence-corrected chi connectivity index (χ0v) is 17.6. The lowest BCUT2D eigenvalue weighted by Crippen LogP contribution is -2.17. The van der Waals surface area contributed by atoms with E-state index in [1.165, 1.54) is 13.0 Å². The number of halogens is 1. The van der Waals surface area contributed by atoms with Crippen LogP contribution < -0.4 is 0 Å². The predicted molar refractivity (Wildman–Crippen MR) is 113 cm³/mol. The van der Waals surface area contributed by atoms with Crippen LogP contribution in [0.4, 0.5) is 4.39 Å². The van der Waals surface area contributed by atoms with Crippen molar-refractivity contribution in [2.75, 3.05) is 0 Å². The second kappa shape index (κ2) is 8.19. The molecule has 5 nitrogen and oxygen atoms in total. The number of nitriles is 1. The normalized spacial score (nSPS) is 12.5. The van der Waals surface area contributed by atoms with Crippen molar-refractivity contribution in [3.05, 3.63) is 65.2 Å². The van der Waals surface area contributed by atoms with Crippen LogP contribution in [-0.4, -0.2) is 21.1 Å². The standard InChI is InChI=1S/C24H24FN3O2/c1-15(17-8-9-20(21(25)11-17)24(3,4)13-26)10-18(30)12-28-14-27-22-7-5-6-19(16(2)29)23(22)28/h5-9,11,14-15H,10,12H2,1-4H3. The number of nitrogens with zero attached hydrogens (tertiary/aromatic N) is 3. The van der Waals surface area contributed by atoms with Gasteiger partial charge < -0.3 is 4.57 Å². The molecule has 1 aromatic heterocycles. The van der Waals surface area contributed by atoms with Crippen molar-refractivity contribution in [2.45, 2.75) is 52.0 Å². The summed E-state index contributed by atoms with van der Waals surface area (Å²) in [5.41, 5.74) is 1.98. The van der Waals surface area contributed by atoms with E-state index < -0.39 is 11.2 Å². The van der Waals surface area contributed by atoms with Crippen molar-refractivity contribution in [3.8, 4) is 6.07 Å². The number of hydrogen-bond donors (Lipinski definition) is 0. The Kier molecular flexibility index (Phi) is 5.84. The highest BCUT2D eigenvalue weighted by atomic mass is 19.1. The summed E-state index contributed by atoms with van der Waals surface area (Å²) in [6, 6.07) is 12.2. The minimum absolute atomic E-state index is 0.0398. The van der Waals surface area contributed by atoms with Gasteiger partial charge in [-0.25, -0.2) is 9.37 Å². The maximum absolute atomic E-state index is 14.5. The van der Waals surface area contributed by atoms with E-state index in [2.05, 4.69) is 11.1 Å². The van der Waals surface area contributed by atoms with Crippen LogP contribution in [0.15, 0.2) is 42.7 Å². The van der Waals surface area contributed by atoms with Gasteiger partial charge in [0.05, 0.1) is 35.4 Å². The molecule has 2 aromatic carbocycles. The molecule has 0 aliphatic heterocycles. The van der Waals surface area contributed by atoms with E-state index in [-0.39, 0.29) is 30.4 Å². The average Bonchev–Trinajstić information content (AvgIpc) is 3.10. The molecule has 0 saturated heterocycles. The Labute approximate surface area is 175 Å². The summed E-state index contributed by atoms with van der Waals surface area (Å²) in [5.74, 6) is -0.751. The minimum Gasteiger partial charge on any atom is -0.322 e. The third-order valence-electron chi connectivity index (χ3n) is 5.41. The molecule has 0 aliphatic rings. The van der Waals surface area contributed by atoms with E-state index in [1.54, 1.807) is 55.1 Å². The van der Waals surface area contributed by atoms with Crippen molar-refractivity contribution in [1.82, 2.24) is 9.55 Å². The van der Waals surface area contributed by atoms with E-state index >= 15 is 0 Å².